The Morgan fingerprint density at radius 1 is 1.04 bits per heavy atom. The number of likely N-dealkylation sites (N-methyl/N-ethyl adjacent to an activating group) is 1. The summed E-state index contributed by atoms with van der Waals surface area (Å²) in [5.41, 5.74) is 0.871. The summed E-state index contributed by atoms with van der Waals surface area (Å²) in [4.78, 5) is 25.2. The Morgan fingerprint density at radius 3 is 2.46 bits per heavy atom. The smallest absolute Gasteiger partial charge is 0.410 e. The molecule has 0 atom stereocenters. The first-order valence-corrected chi connectivity index (χ1v) is 8.29. The van der Waals surface area contributed by atoms with E-state index in [1.165, 1.54) is 11.9 Å². The van der Waals surface area contributed by atoms with Crippen molar-refractivity contribution in [3.8, 4) is 5.75 Å². The number of ether oxygens (including phenoxy) is 2. The number of hydrogen-bond donors (Lipinski definition) is 0. The van der Waals surface area contributed by atoms with Crippen molar-refractivity contribution in [2.45, 2.75) is 26.4 Å². The van der Waals surface area contributed by atoms with Crippen LogP contribution in [0.5, 0.6) is 5.75 Å². The molecule has 6 nitrogen and oxygen atoms in total. The van der Waals surface area contributed by atoms with E-state index in [0.717, 1.165) is 21.9 Å². The Labute approximate surface area is 151 Å². The van der Waals surface area contributed by atoms with Crippen molar-refractivity contribution < 1.29 is 23.5 Å². The standard InChI is InChI=1S/C20H21NO5/c1-20(2,3)26-19(23)21(4)12-18(22)24-13-9-10-17-15(11-13)14-7-5-6-8-16(14)25-17/h5-11H,12H2,1-4H3. The van der Waals surface area contributed by atoms with Crippen molar-refractivity contribution in [1.29, 1.82) is 0 Å². The number of amides is 1. The molecule has 0 fully saturated rings. The Balaban J connectivity index is 1.71. The molecule has 3 rings (SSSR count). The molecule has 0 aliphatic carbocycles. The van der Waals surface area contributed by atoms with Crippen LogP contribution < -0.4 is 4.74 Å². The summed E-state index contributed by atoms with van der Waals surface area (Å²) in [5.74, 6) is -0.155. The van der Waals surface area contributed by atoms with Crippen LogP contribution in [0.15, 0.2) is 46.9 Å². The largest absolute Gasteiger partial charge is 0.456 e. The third-order valence-electron chi connectivity index (χ3n) is 3.65. The highest BCUT2D eigenvalue weighted by Crippen LogP contribution is 2.31. The highest BCUT2D eigenvalue weighted by molar-refractivity contribution is 6.05. The van der Waals surface area contributed by atoms with Gasteiger partial charge in [0.2, 0.25) is 0 Å². The number of fused-ring (bicyclic) bond motifs is 3. The fourth-order valence-corrected chi connectivity index (χ4v) is 2.53. The summed E-state index contributed by atoms with van der Waals surface area (Å²) >= 11 is 0. The molecular weight excluding hydrogens is 334 g/mol. The van der Waals surface area contributed by atoms with Gasteiger partial charge in [-0.1, -0.05) is 18.2 Å². The number of benzene rings is 2. The molecule has 6 heteroatoms. The zero-order valence-corrected chi connectivity index (χ0v) is 15.2. The highest BCUT2D eigenvalue weighted by atomic mass is 16.6. The van der Waals surface area contributed by atoms with Crippen LogP contribution in [-0.2, 0) is 9.53 Å². The normalized spacial score (nSPS) is 11.5. The fourth-order valence-electron chi connectivity index (χ4n) is 2.53. The molecular formula is C20H21NO5. The van der Waals surface area contributed by atoms with Gasteiger partial charge in [0.15, 0.2) is 0 Å². The Kier molecular flexibility index (Phi) is 4.59. The van der Waals surface area contributed by atoms with E-state index in [1.54, 1.807) is 39.0 Å². The van der Waals surface area contributed by atoms with Crippen molar-refractivity contribution >= 4 is 34.0 Å². The van der Waals surface area contributed by atoms with Crippen molar-refractivity contribution in [2.24, 2.45) is 0 Å². The van der Waals surface area contributed by atoms with Crippen LogP contribution >= 0.6 is 0 Å². The third kappa shape index (κ3) is 3.96. The van der Waals surface area contributed by atoms with Gasteiger partial charge in [-0.05, 0) is 45.0 Å². The average Bonchev–Trinajstić information content (AvgIpc) is 2.91. The zero-order chi connectivity index (χ0) is 18.9. The molecule has 0 bridgehead atoms. The van der Waals surface area contributed by atoms with Gasteiger partial charge >= 0.3 is 12.1 Å². The molecule has 1 amide bonds. The second-order valence-electron chi connectivity index (χ2n) is 7.07. The lowest BCUT2D eigenvalue weighted by Gasteiger charge is -2.24. The van der Waals surface area contributed by atoms with Crippen molar-refractivity contribution in [2.75, 3.05) is 13.6 Å². The number of esters is 1. The van der Waals surface area contributed by atoms with Crippen molar-refractivity contribution in [1.82, 2.24) is 4.90 Å². The monoisotopic (exact) mass is 355 g/mol. The van der Waals surface area contributed by atoms with E-state index in [-0.39, 0.29) is 6.54 Å². The summed E-state index contributed by atoms with van der Waals surface area (Å²) < 4.78 is 16.3. The molecule has 0 radical (unpaired) electrons. The van der Waals surface area contributed by atoms with E-state index in [9.17, 15) is 9.59 Å². The lowest BCUT2D eigenvalue weighted by Crippen LogP contribution is -2.38. The minimum Gasteiger partial charge on any atom is -0.456 e. The quantitative estimate of drug-likeness (QED) is 0.516. The van der Waals surface area contributed by atoms with E-state index < -0.39 is 17.7 Å². The maximum atomic E-state index is 12.1. The number of para-hydroxylation sites is 1. The van der Waals surface area contributed by atoms with E-state index in [4.69, 9.17) is 13.9 Å². The zero-order valence-electron chi connectivity index (χ0n) is 15.2. The molecule has 26 heavy (non-hydrogen) atoms. The molecule has 0 saturated heterocycles. The van der Waals surface area contributed by atoms with Gasteiger partial charge in [0, 0.05) is 17.8 Å². The molecule has 0 aliphatic heterocycles. The van der Waals surface area contributed by atoms with Crippen LogP contribution in [0.2, 0.25) is 0 Å². The van der Waals surface area contributed by atoms with E-state index in [1.807, 2.05) is 24.3 Å². The molecule has 136 valence electrons. The highest BCUT2D eigenvalue weighted by Gasteiger charge is 2.22. The Hall–Kier alpha value is -3.02. The topological polar surface area (TPSA) is 69.0 Å². The lowest BCUT2D eigenvalue weighted by atomic mass is 10.1. The van der Waals surface area contributed by atoms with Crippen LogP contribution in [0.3, 0.4) is 0 Å². The third-order valence-corrected chi connectivity index (χ3v) is 3.65. The first-order valence-electron chi connectivity index (χ1n) is 8.29. The first kappa shape index (κ1) is 17.8. The fraction of sp³-hybridized carbons (Fsp3) is 0.300. The van der Waals surface area contributed by atoms with Crippen molar-refractivity contribution in [3.63, 3.8) is 0 Å². The number of furan rings is 1. The lowest BCUT2D eigenvalue weighted by molar-refractivity contribution is -0.135. The van der Waals surface area contributed by atoms with Crippen LogP contribution in [0.4, 0.5) is 4.79 Å². The molecule has 0 saturated carbocycles. The number of carbonyl (C=O) groups excluding carboxylic acids is 2. The molecule has 0 aliphatic rings. The molecule has 1 aromatic heterocycles. The summed E-state index contributed by atoms with van der Waals surface area (Å²) in [5, 5.41) is 1.82. The summed E-state index contributed by atoms with van der Waals surface area (Å²) in [6.07, 6.45) is -0.578. The predicted octanol–water partition coefficient (Wildman–Crippen LogP) is 4.36. The van der Waals surface area contributed by atoms with E-state index in [0.29, 0.717) is 5.75 Å². The molecule has 3 aromatic rings. The Morgan fingerprint density at radius 2 is 1.73 bits per heavy atom. The second-order valence-corrected chi connectivity index (χ2v) is 7.07. The molecule has 0 spiro atoms. The van der Waals surface area contributed by atoms with Gasteiger partial charge in [-0.15, -0.1) is 0 Å². The van der Waals surface area contributed by atoms with Gasteiger partial charge in [0.25, 0.3) is 0 Å². The van der Waals surface area contributed by atoms with Crippen molar-refractivity contribution in [3.05, 3.63) is 42.5 Å². The van der Waals surface area contributed by atoms with Gasteiger partial charge in [0.05, 0.1) is 0 Å². The summed E-state index contributed by atoms with van der Waals surface area (Å²) in [6, 6.07) is 12.8. The van der Waals surface area contributed by atoms with Crippen LogP contribution in [0, 0.1) is 0 Å². The van der Waals surface area contributed by atoms with E-state index >= 15 is 0 Å². The summed E-state index contributed by atoms with van der Waals surface area (Å²) in [7, 11) is 1.49. The van der Waals surface area contributed by atoms with Gasteiger partial charge in [-0.3, -0.25) is 0 Å². The molecule has 2 aromatic carbocycles. The van der Waals surface area contributed by atoms with Gasteiger partial charge in [-0.2, -0.15) is 0 Å². The SMILES string of the molecule is CN(CC(=O)Oc1ccc2oc3ccccc3c2c1)C(=O)OC(C)(C)C. The number of rotatable bonds is 3. The minimum atomic E-state index is -0.622. The number of carbonyl (C=O) groups is 2. The van der Waals surface area contributed by atoms with E-state index in [2.05, 4.69) is 0 Å². The predicted molar refractivity (Wildman–Crippen MR) is 98.2 cm³/mol. The molecule has 0 N–H and O–H groups in total. The maximum absolute atomic E-state index is 12.1. The van der Waals surface area contributed by atoms with Crippen LogP contribution in [0.1, 0.15) is 20.8 Å². The van der Waals surface area contributed by atoms with Crippen LogP contribution in [-0.4, -0.2) is 36.2 Å². The number of nitrogens with zero attached hydrogens (tertiary/aromatic N) is 1. The minimum absolute atomic E-state index is 0.209. The second kappa shape index (κ2) is 6.71. The van der Waals surface area contributed by atoms with Gasteiger partial charge in [0.1, 0.15) is 29.1 Å². The van der Waals surface area contributed by atoms with Gasteiger partial charge in [-0.25, -0.2) is 9.59 Å². The first-order chi connectivity index (χ1) is 12.2. The van der Waals surface area contributed by atoms with Crippen LogP contribution in [0.25, 0.3) is 21.9 Å². The van der Waals surface area contributed by atoms with Gasteiger partial charge < -0.3 is 18.8 Å². The average molecular weight is 355 g/mol. The maximum Gasteiger partial charge on any atom is 0.410 e. The molecule has 1 heterocycles. The molecule has 0 unspecified atom stereocenters. The Bertz CT molecular complexity index is 967. The summed E-state index contributed by atoms with van der Waals surface area (Å²) in [6.45, 7) is 5.09. The number of hydrogen-bond acceptors (Lipinski definition) is 5.